The fourth-order valence-corrected chi connectivity index (χ4v) is 3.00. The van der Waals surface area contributed by atoms with Crippen molar-refractivity contribution in [2.24, 2.45) is 0 Å². The molecule has 0 aliphatic heterocycles. The first-order valence-corrected chi connectivity index (χ1v) is 6.92. The van der Waals surface area contributed by atoms with E-state index in [0.29, 0.717) is 22.0 Å². The molecule has 0 unspecified atom stereocenters. The lowest BCUT2D eigenvalue weighted by Crippen LogP contribution is -2.21. The second-order valence-electron chi connectivity index (χ2n) is 5.20. The fourth-order valence-electron chi connectivity index (χ4n) is 2.73. The molecule has 1 aliphatic rings. The molecule has 0 radical (unpaired) electrons. The van der Waals surface area contributed by atoms with E-state index < -0.39 is 5.97 Å². The van der Waals surface area contributed by atoms with Crippen LogP contribution in [0.5, 0.6) is 0 Å². The quantitative estimate of drug-likeness (QED) is 0.946. The number of carboxylic acid groups (broad SMARTS) is 1. The summed E-state index contributed by atoms with van der Waals surface area (Å²) < 4.78 is 2.04. The summed E-state index contributed by atoms with van der Waals surface area (Å²) in [6.45, 7) is 1.81. The first kappa shape index (κ1) is 13.2. The maximum absolute atomic E-state index is 12.5. The van der Waals surface area contributed by atoms with Crippen LogP contribution in [0.2, 0.25) is 5.02 Å². The molecule has 1 fully saturated rings. The number of hydrogen-bond acceptors (Lipinski definition) is 2. The Morgan fingerprint density at radius 3 is 2.75 bits per heavy atom. The normalized spacial score (nSPS) is 14.7. The zero-order valence-electron chi connectivity index (χ0n) is 11.0. The topological polar surface area (TPSA) is 59.3 Å². The van der Waals surface area contributed by atoms with Crippen molar-refractivity contribution in [1.82, 2.24) is 4.57 Å². The highest BCUT2D eigenvalue weighted by Crippen LogP contribution is 2.40. The van der Waals surface area contributed by atoms with Gasteiger partial charge in [0.1, 0.15) is 0 Å². The fraction of sp³-hybridized carbons (Fsp3) is 0.333. The van der Waals surface area contributed by atoms with Crippen LogP contribution >= 0.6 is 11.6 Å². The summed E-state index contributed by atoms with van der Waals surface area (Å²) in [5.74, 6) is -0.992. The molecule has 1 aliphatic carbocycles. The van der Waals surface area contributed by atoms with Gasteiger partial charge in [0.2, 0.25) is 0 Å². The summed E-state index contributed by atoms with van der Waals surface area (Å²) in [4.78, 5) is 23.5. The molecule has 3 rings (SSSR count). The lowest BCUT2D eigenvalue weighted by Gasteiger charge is -2.18. The third kappa shape index (κ3) is 2.00. The Morgan fingerprint density at radius 2 is 2.15 bits per heavy atom. The number of pyridine rings is 1. The number of benzene rings is 1. The third-order valence-electron chi connectivity index (χ3n) is 3.78. The zero-order valence-corrected chi connectivity index (χ0v) is 11.8. The number of halogens is 1. The molecular weight excluding hydrogens is 278 g/mol. The predicted octanol–water partition coefficient (Wildman–Crippen LogP) is 2.93. The van der Waals surface area contributed by atoms with Crippen molar-refractivity contribution in [2.75, 3.05) is 0 Å². The minimum atomic E-state index is -0.992. The molecule has 1 N–H and O–H groups in total. The standard InChI is InChI=1S/C15H14ClNO3/c1-8-11(7-13(18)19)15(20)10-3-2-4-12(16)14(10)17(8)9-5-6-9/h2-4,9H,5-7H2,1H3,(H,18,19). The van der Waals surface area contributed by atoms with Crippen LogP contribution in [0.25, 0.3) is 10.9 Å². The maximum atomic E-state index is 12.5. The molecule has 20 heavy (non-hydrogen) atoms. The van der Waals surface area contributed by atoms with Crippen molar-refractivity contribution < 1.29 is 9.90 Å². The van der Waals surface area contributed by atoms with Crippen LogP contribution in [0.1, 0.15) is 30.1 Å². The molecule has 104 valence electrons. The Bertz CT molecular complexity index is 775. The van der Waals surface area contributed by atoms with Gasteiger partial charge in [0.15, 0.2) is 5.43 Å². The summed E-state index contributed by atoms with van der Waals surface area (Å²) in [5, 5.41) is 10.1. The molecule has 0 amide bonds. The van der Waals surface area contributed by atoms with E-state index in [4.69, 9.17) is 16.7 Å². The van der Waals surface area contributed by atoms with Crippen molar-refractivity contribution in [3.8, 4) is 0 Å². The SMILES string of the molecule is Cc1c(CC(=O)O)c(=O)c2cccc(Cl)c2n1C1CC1. The zero-order chi connectivity index (χ0) is 14.4. The second kappa shape index (κ2) is 4.63. The van der Waals surface area contributed by atoms with E-state index in [2.05, 4.69) is 0 Å². The molecule has 0 spiro atoms. The predicted molar refractivity (Wildman–Crippen MR) is 77.6 cm³/mol. The Balaban J connectivity index is 2.43. The molecule has 2 aromatic rings. The van der Waals surface area contributed by atoms with Gasteiger partial charge in [-0.05, 0) is 31.9 Å². The van der Waals surface area contributed by atoms with Gasteiger partial charge in [-0.3, -0.25) is 9.59 Å². The van der Waals surface area contributed by atoms with E-state index in [0.717, 1.165) is 24.1 Å². The van der Waals surface area contributed by atoms with E-state index in [1.807, 2.05) is 4.57 Å². The lowest BCUT2D eigenvalue weighted by molar-refractivity contribution is -0.136. The monoisotopic (exact) mass is 291 g/mol. The highest BCUT2D eigenvalue weighted by molar-refractivity contribution is 6.35. The Kier molecular flexibility index (Phi) is 3.05. The van der Waals surface area contributed by atoms with Gasteiger partial charge in [-0.25, -0.2) is 0 Å². The second-order valence-corrected chi connectivity index (χ2v) is 5.61. The number of para-hydroxylation sites is 1. The number of rotatable bonds is 3. The number of fused-ring (bicyclic) bond motifs is 1. The van der Waals surface area contributed by atoms with Crippen LogP contribution in [-0.2, 0) is 11.2 Å². The van der Waals surface area contributed by atoms with Gasteiger partial charge in [0.25, 0.3) is 0 Å². The van der Waals surface area contributed by atoms with E-state index in [1.54, 1.807) is 25.1 Å². The molecule has 1 aromatic heterocycles. The summed E-state index contributed by atoms with van der Waals surface area (Å²) >= 11 is 6.26. The van der Waals surface area contributed by atoms with Crippen molar-refractivity contribution in [2.45, 2.75) is 32.2 Å². The van der Waals surface area contributed by atoms with Crippen LogP contribution < -0.4 is 5.43 Å². The van der Waals surface area contributed by atoms with Gasteiger partial charge in [0.05, 0.1) is 17.0 Å². The average molecular weight is 292 g/mol. The Labute approximate surface area is 120 Å². The van der Waals surface area contributed by atoms with E-state index >= 15 is 0 Å². The summed E-state index contributed by atoms with van der Waals surface area (Å²) in [6, 6.07) is 5.53. The first-order chi connectivity index (χ1) is 9.50. The molecule has 4 nitrogen and oxygen atoms in total. The van der Waals surface area contributed by atoms with Crippen molar-refractivity contribution in [3.05, 3.63) is 44.7 Å². The summed E-state index contributed by atoms with van der Waals surface area (Å²) in [6.07, 6.45) is 1.83. The lowest BCUT2D eigenvalue weighted by atomic mass is 10.0. The third-order valence-corrected chi connectivity index (χ3v) is 4.09. The average Bonchev–Trinajstić information content (AvgIpc) is 3.20. The molecule has 0 saturated heterocycles. The highest BCUT2D eigenvalue weighted by atomic mass is 35.5. The highest BCUT2D eigenvalue weighted by Gasteiger charge is 2.29. The van der Waals surface area contributed by atoms with Gasteiger partial charge < -0.3 is 9.67 Å². The Hall–Kier alpha value is -1.81. The Morgan fingerprint density at radius 1 is 1.45 bits per heavy atom. The van der Waals surface area contributed by atoms with Gasteiger partial charge in [-0.15, -0.1) is 0 Å². The number of aromatic nitrogens is 1. The van der Waals surface area contributed by atoms with E-state index in [-0.39, 0.29) is 11.8 Å². The van der Waals surface area contributed by atoms with Crippen LogP contribution in [0, 0.1) is 6.92 Å². The number of carboxylic acids is 1. The van der Waals surface area contributed by atoms with Gasteiger partial charge in [0, 0.05) is 22.7 Å². The van der Waals surface area contributed by atoms with Crippen LogP contribution in [0.3, 0.4) is 0 Å². The van der Waals surface area contributed by atoms with E-state index in [1.165, 1.54) is 0 Å². The number of aliphatic carboxylic acids is 1. The molecular formula is C15H14ClNO3. The molecule has 1 heterocycles. The van der Waals surface area contributed by atoms with Crippen molar-refractivity contribution in [1.29, 1.82) is 0 Å². The molecule has 0 bridgehead atoms. The smallest absolute Gasteiger partial charge is 0.308 e. The minimum Gasteiger partial charge on any atom is -0.481 e. The summed E-state index contributed by atoms with van der Waals surface area (Å²) in [5.41, 5.74) is 1.59. The number of hydrogen-bond donors (Lipinski definition) is 1. The van der Waals surface area contributed by atoms with Crippen molar-refractivity contribution in [3.63, 3.8) is 0 Å². The van der Waals surface area contributed by atoms with E-state index in [9.17, 15) is 9.59 Å². The van der Waals surface area contributed by atoms with Crippen LogP contribution in [-0.4, -0.2) is 15.6 Å². The van der Waals surface area contributed by atoms with Gasteiger partial charge in [-0.1, -0.05) is 17.7 Å². The van der Waals surface area contributed by atoms with Gasteiger partial charge >= 0.3 is 5.97 Å². The minimum absolute atomic E-state index is 0.223. The molecule has 5 heteroatoms. The summed E-state index contributed by atoms with van der Waals surface area (Å²) in [7, 11) is 0. The van der Waals surface area contributed by atoms with Crippen molar-refractivity contribution >= 4 is 28.5 Å². The van der Waals surface area contributed by atoms with Crippen LogP contribution in [0.4, 0.5) is 0 Å². The largest absolute Gasteiger partial charge is 0.481 e. The van der Waals surface area contributed by atoms with Crippen LogP contribution in [0.15, 0.2) is 23.0 Å². The molecule has 1 saturated carbocycles. The molecule has 0 atom stereocenters. The maximum Gasteiger partial charge on any atom is 0.308 e. The number of carbonyl (C=O) groups is 1. The first-order valence-electron chi connectivity index (χ1n) is 6.54. The molecule has 1 aromatic carbocycles. The van der Waals surface area contributed by atoms with Gasteiger partial charge in [-0.2, -0.15) is 0 Å². The number of nitrogens with zero attached hydrogens (tertiary/aromatic N) is 1.